The average molecular weight is 578 g/mol. The Balaban J connectivity index is 1.57. The van der Waals surface area contributed by atoms with Crippen LogP contribution >= 0.6 is 0 Å². The molecular weight excluding hydrogens is 558 g/mol. The first kappa shape index (κ1) is 27.1. The molecule has 0 saturated carbocycles. The monoisotopic (exact) mass is 577 g/mol. The van der Waals surface area contributed by atoms with Crippen LogP contribution in [-0.4, -0.2) is 42.3 Å². The van der Waals surface area contributed by atoms with Gasteiger partial charge in [-0.2, -0.15) is 18.2 Å². The molecular formula is C26H19F4N3O6S. The SMILES string of the molecule is O=C(O)CC[C@H]1CN(S(=O)(=O)c2cccc(C(F)(F)F)c2)c2cc(-c3noc(-c4ccccc4F)n3)ccc2O1. The second kappa shape index (κ2) is 10.3. The van der Waals surface area contributed by atoms with Crippen molar-refractivity contribution in [2.75, 3.05) is 10.8 Å². The Morgan fingerprint density at radius 3 is 2.58 bits per heavy atom. The van der Waals surface area contributed by atoms with Crippen molar-refractivity contribution >= 4 is 21.7 Å². The predicted octanol–water partition coefficient (Wildman–Crippen LogP) is 5.38. The summed E-state index contributed by atoms with van der Waals surface area (Å²) in [5, 5.41) is 12.9. The van der Waals surface area contributed by atoms with Crippen LogP contribution in [0.3, 0.4) is 0 Å². The van der Waals surface area contributed by atoms with Crippen LogP contribution in [-0.2, 0) is 21.0 Å². The molecule has 1 atom stereocenters. The molecule has 4 aromatic rings. The number of fused-ring (bicyclic) bond motifs is 1. The maximum Gasteiger partial charge on any atom is 0.416 e. The molecule has 1 N–H and O–H groups in total. The second-order valence-corrected chi connectivity index (χ2v) is 10.7. The standard InChI is InChI=1S/C26H19F4N3O6S/c27-20-7-2-1-6-19(20)25-31-24(32-39-25)15-8-10-22-21(12-15)33(14-17(38-22)9-11-23(34)35)40(36,37)18-5-3-4-16(13-18)26(28,29)30/h1-8,10,12-13,17H,9,11,14H2,(H,34,35)/t17-/m0/s1. The molecule has 2 heterocycles. The quantitative estimate of drug-likeness (QED) is 0.291. The van der Waals surface area contributed by atoms with Gasteiger partial charge in [-0.05, 0) is 55.0 Å². The molecule has 1 aliphatic rings. The minimum Gasteiger partial charge on any atom is -0.486 e. The van der Waals surface area contributed by atoms with Gasteiger partial charge in [-0.25, -0.2) is 12.8 Å². The summed E-state index contributed by atoms with van der Waals surface area (Å²) in [5.74, 6) is -1.80. The van der Waals surface area contributed by atoms with Gasteiger partial charge in [0.2, 0.25) is 5.82 Å². The molecule has 1 aromatic heterocycles. The topological polar surface area (TPSA) is 123 Å². The van der Waals surface area contributed by atoms with E-state index in [9.17, 15) is 30.8 Å². The van der Waals surface area contributed by atoms with Crippen LogP contribution in [0, 0.1) is 5.82 Å². The zero-order valence-electron chi connectivity index (χ0n) is 20.3. The van der Waals surface area contributed by atoms with E-state index in [1.54, 1.807) is 6.07 Å². The Hall–Kier alpha value is -4.46. The Labute approximate surface area is 224 Å². The number of carboxylic acid groups (broad SMARTS) is 1. The number of halogens is 4. The molecule has 40 heavy (non-hydrogen) atoms. The Kier molecular flexibility index (Phi) is 6.96. The van der Waals surface area contributed by atoms with Gasteiger partial charge in [0.1, 0.15) is 17.7 Å². The molecule has 0 radical (unpaired) electrons. The summed E-state index contributed by atoms with van der Waals surface area (Å²) < 4.78 is 93.4. The number of benzene rings is 3. The van der Waals surface area contributed by atoms with Crippen molar-refractivity contribution in [1.82, 2.24) is 10.1 Å². The highest BCUT2D eigenvalue weighted by Crippen LogP contribution is 2.41. The minimum atomic E-state index is -4.78. The Bertz CT molecular complexity index is 1690. The zero-order chi connectivity index (χ0) is 28.7. The number of carbonyl (C=O) groups is 1. The van der Waals surface area contributed by atoms with Crippen molar-refractivity contribution < 1.29 is 45.1 Å². The van der Waals surface area contributed by atoms with Crippen molar-refractivity contribution in [3.05, 3.63) is 78.1 Å². The maximum absolute atomic E-state index is 14.2. The molecule has 9 nitrogen and oxygen atoms in total. The van der Waals surface area contributed by atoms with Crippen molar-refractivity contribution in [3.8, 4) is 28.6 Å². The summed E-state index contributed by atoms with van der Waals surface area (Å²) in [6, 6.07) is 13.3. The Morgan fingerprint density at radius 2 is 1.85 bits per heavy atom. The van der Waals surface area contributed by atoms with Gasteiger partial charge in [0.25, 0.3) is 15.9 Å². The number of sulfonamides is 1. The molecule has 0 amide bonds. The van der Waals surface area contributed by atoms with E-state index in [2.05, 4.69) is 10.1 Å². The van der Waals surface area contributed by atoms with Crippen LogP contribution in [0.1, 0.15) is 18.4 Å². The smallest absolute Gasteiger partial charge is 0.416 e. The molecule has 0 bridgehead atoms. The third-order valence-corrected chi connectivity index (χ3v) is 7.88. The summed E-state index contributed by atoms with van der Waals surface area (Å²) in [7, 11) is -4.58. The van der Waals surface area contributed by atoms with E-state index in [0.29, 0.717) is 6.07 Å². The zero-order valence-corrected chi connectivity index (χ0v) is 21.1. The number of hydrogen-bond donors (Lipinski definition) is 1. The highest BCUT2D eigenvalue weighted by Gasteiger charge is 2.37. The van der Waals surface area contributed by atoms with Crippen molar-refractivity contribution in [2.45, 2.75) is 30.0 Å². The van der Waals surface area contributed by atoms with Gasteiger partial charge in [-0.15, -0.1) is 0 Å². The third-order valence-electron chi connectivity index (χ3n) is 6.11. The molecule has 0 aliphatic carbocycles. The van der Waals surface area contributed by atoms with E-state index in [0.717, 1.165) is 22.5 Å². The fraction of sp³-hybridized carbons (Fsp3) is 0.192. The number of aliphatic carboxylic acids is 1. The van der Waals surface area contributed by atoms with E-state index < -0.39 is 44.5 Å². The molecule has 208 valence electrons. The first-order valence-corrected chi connectivity index (χ1v) is 13.2. The van der Waals surface area contributed by atoms with Gasteiger partial charge >= 0.3 is 12.1 Å². The molecule has 1 aliphatic heterocycles. The number of nitrogens with zero attached hydrogens (tertiary/aromatic N) is 3. The highest BCUT2D eigenvalue weighted by molar-refractivity contribution is 7.92. The van der Waals surface area contributed by atoms with E-state index in [1.165, 1.54) is 36.4 Å². The number of anilines is 1. The van der Waals surface area contributed by atoms with Crippen LogP contribution in [0.2, 0.25) is 0 Å². The van der Waals surface area contributed by atoms with Crippen molar-refractivity contribution in [1.29, 1.82) is 0 Å². The van der Waals surface area contributed by atoms with Gasteiger partial charge in [0, 0.05) is 12.0 Å². The molecule has 0 saturated heterocycles. The summed E-state index contributed by atoms with van der Waals surface area (Å²) in [5.41, 5.74) is -0.871. The van der Waals surface area contributed by atoms with E-state index in [4.69, 9.17) is 14.4 Å². The first-order valence-electron chi connectivity index (χ1n) is 11.7. The van der Waals surface area contributed by atoms with Gasteiger partial charge in [0.05, 0.1) is 28.3 Å². The number of alkyl halides is 3. The van der Waals surface area contributed by atoms with E-state index >= 15 is 0 Å². The molecule has 5 rings (SSSR count). The largest absolute Gasteiger partial charge is 0.486 e. The lowest BCUT2D eigenvalue weighted by Crippen LogP contribution is -2.43. The van der Waals surface area contributed by atoms with Crippen molar-refractivity contribution in [3.63, 3.8) is 0 Å². The Morgan fingerprint density at radius 1 is 1.07 bits per heavy atom. The predicted molar refractivity (Wildman–Crippen MR) is 132 cm³/mol. The fourth-order valence-corrected chi connectivity index (χ4v) is 5.70. The van der Waals surface area contributed by atoms with Gasteiger partial charge in [-0.3, -0.25) is 9.10 Å². The summed E-state index contributed by atoms with van der Waals surface area (Å²) >= 11 is 0. The van der Waals surface area contributed by atoms with Gasteiger partial charge in [0.15, 0.2) is 0 Å². The minimum absolute atomic E-state index is 0.00882. The van der Waals surface area contributed by atoms with Crippen LogP contribution in [0.25, 0.3) is 22.8 Å². The lowest BCUT2D eigenvalue weighted by Gasteiger charge is -2.35. The maximum atomic E-state index is 14.2. The molecule has 14 heteroatoms. The molecule has 3 aromatic carbocycles. The number of hydrogen-bond acceptors (Lipinski definition) is 7. The first-order chi connectivity index (χ1) is 18.9. The van der Waals surface area contributed by atoms with Crippen LogP contribution in [0.15, 0.2) is 76.1 Å². The van der Waals surface area contributed by atoms with Gasteiger partial charge < -0.3 is 14.4 Å². The lowest BCUT2D eigenvalue weighted by atomic mass is 10.1. The number of ether oxygens (including phenoxy) is 1. The van der Waals surface area contributed by atoms with Crippen LogP contribution in [0.4, 0.5) is 23.2 Å². The third kappa shape index (κ3) is 5.34. The summed E-state index contributed by atoms with van der Waals surface area (Å²) in [4.78, 5) is 14.7. The second-order valence-electron chi connectivity index (χ2n) is 8.82. The van der Waals surface area contributed by atoms with Crippen LogP contribution in [0.5, 0.6) is 5.75 Å². The van der Waals surface area contributed by atoms with E-state index in [1.807, 2.05) is 0 Å². The van der Waals surface area contributed by atoms with Crippen molar-refractivity contribution in [2.24, 2.45) is 0 Å². The summed E-state index contributed by atoms with van der Waals surface area (Å²) in [6.07, 6.45) is -6.05. The molecule has 0 spiro atoms. The number of rotatable bonds is 7. The average Bonchev–Trinajstić information content (AvgIpc) is 3.41. The number of carboxylic acids is 1. The molecule has 0 unspecified atom stereocenters. The normalized spacial score (nSPS) is 15.4. The van der Waals surface area contributed by atoms with Crippen LogP contribution < -0.4 is 9.04 Å². The number of aromatic nitrogens is 2. The lowest BCUT2D eigenvalue weighted by molar-refractivity contribution is -0.138. The van der Waals surface area contributed by atoms with E-state index in [-0.39, 0.29) is 53.7 Å². The fourth-order valence-electron chi connectivity index (χ4n) is 4.16. The van der Waals surface area contributed by atoms with Gasteiger partial charge in [-0.1, -0.05) is 23.4 Å². The molecule has 0 fully saturated rings. The highest BCUT2D eigenvalue weighted by atomic mass is 32.2. The summed E-state index contributed by atoms with van der Waals surface area (Å²) in [6.45, 7) is -0.366.